The summed E-state index contributed by atoms with van der Waals surface area (Å²) in [5, 5.41) is 9.54. The van der Waals surface area contributed by atoms with E-state index in [9.17, 15) is 5.11 Å². The third-order valence-corrected chi connectivity index (χ3v) is 3.33. The molecule has 3 nitrogen and oxygen atoms in total. The van der Waals surface area contributed by atoms with Crippen LogP contribution in [-0.2, 0) is 0 Å². The summed E-state index contributed by atoms with van der Waals surface area (Å²) < 4.78 is 7.16. The van der Waals surface area contributed by atoms with E-state index in [4.69, 9.17) is 10.5 Å². The highest BCUT2D eigenvalue weighted by molar-refractivity contribution is 9.11. The Balaban J connectivity index is 2.54. The van der Waals surface area contributed by atoms with Gasteiger partial charge >= 0.3 is 0 Å². The fourth-order valence-electron chi connectivity index (χ4n) is 1.48. The lowest BCUT2D eigenvalue weighted by Gasteiger charge is -2.28. The van der Waals surface area contributed by atoms with Crippen molar-refractivity contribution in [3.63, 3.8) is 0 Å². The van der Waals surface area contributed by atoms with E-state index in [0.29, 0.717) is 0 Å². The van der Waals surface area contributed by atoms with Gasteiger partial charge in [0.15, 0.2) is 0 Å². The topological polar surface area (TPSA) is 55.5 Å². The average molecular weight is 323 g/mol. The predicted octanol–water partition coefficient (Wildman–Crippen LogP) is 1.96. The zero-order chi connectivity index (χ0) is 10.3. The molecular weight excluding hydrogens is 314 g/mol. The van der Waals surface area contributed by atoms with E-state index in [1.54, 1.807) is 0 Å². The Morgan fingerprint density at radius 3 is 2.86 bits per heavy atom. The molecule has 0 radical (unpaired) electrons. The monoisotopic (exact) mass is 321 g/mol. The molecule has 3 N–H and O–H groups in total. The van der Waals surface area contributed by atoms with Crippen molar-refractivity contribution in [1.82, 2.24) is 0 Å². The molecule has 76 valence electrons. The maximum absolute atomic E-state index is 9.54. The summed E-state index contributed by atoms with van der Waals surface area (Å²) in [6.07, 6.45) is -0.639. The summed E-state index contributed by atoms with van der Waals surface area (Å²) in [4.78, 5) is 0. The number of hydrogen-bond acceptors (Lipinski definition) is 3. The Bertz CT molecular complexity index is 370. The minimum atomic E-state index is -0.639. The molecule has 0 aliphatic carbocycles. The Morgan fingerprint density at radius 2 is 2.14 bits per heavy atom. The van der Waals surface area contributed by atoms with Crippen molar-refractivity contribution in [2.45, 2.75) is 12.1 Å². The molecule has 1 aliphatic rings. The number of hydrogen-bond donors (Lipinski definition) is 2. The standard InChI is InChI=1S/C9H9Br2NO2/c10-4-1-5(11)8-7(2-4)14-3-6(13)9(8)12/h1-2,6,9,13H,3,12H2. The number of halogens is 2. The Hall–Kier alpha value is -0.100. The second-order valence-electron chi connectivity index (χ2n) is 3.20. The van der Waals surface area contributed by atoms with E-state index in [-0.39, 0.29) is 12.6 Å². The molecule has 0 bridgehead atoms. The van der Waals surface area contributed by atoms with Crippen molar-refractivity contribution in [2.24, 2.45) is 5.73 Å². The van der Waals surface area contributed by atoms with Gasteiger partial charge in [0, 0.05) is 14.5 Å². The number of benzene rings is 1. The highest BCUT2D eigenvalue weighted by Gasteiger charge is 2.28. The van der Waals surface area contributed by atoms with E-state index in [1.165, 1.54) is 0 Å². The molecular formula is C9H9Br2NO2. The highest BCUT2D eigenvalue weighted by Crippen LogP contribution is 2.38. The summed E-state index contributed by atoms with van der Waals surface area (Å²) in [5.74, 6) is 0.726. The first-order chi connectivity index (χ1) is 6.59. The first-order valence-corrected chi connectivity index (χ1v) is 5.73. The molecule has 0 fully saturated rings. The van der Waals surface area contributed by atoms with E-state index in [0.717, 1.165) is 20.3 Å². The molecule has 1 heterocycles. The minimum Gasteiger partial charge on any atom is -0.490 e. The third kappa shape index (κ3) is 1.69. The van der Waals surface area contributed by atoms with E-state index >= 15 is 0 Å². The second-order valence-corrected chi connectivity index (χ2v) is 4.97. The largest absolute Gasteiger partial charge is 0.490 e. The van der Waals surface area contributed by atoms with Gasteiger partial charge in [-0.05, 0) is 12.1 Å². The van der Waals surface area contributed by atoms with Crippen LogP contribution in [0.25, 0.3) is 0 Å². The van der Waals surface area contributed by atoms with E-state index < -0.39 is 6.10 Å². The SMILES string of the molecule is NC1c2c(Br)cc(Br)cc2OCC1O. The minimum absolute atomic E-state index is 0.247. The molecule has 1 aromatic rings. The molecule has 2 unspecified atom stereocenters. The van der Waals surface area contributed by atoms with Gasteiger partial charge in [0.25, 0.3) is 0 Å². The number of aliphatic hydroxyl groups excluding tert-OH is 1. The number of ether oxygens (including phenoxy) is 1. The highest BCUT2D eigenvalue weighted by atomic mass is 79.9. The van der Waals surface area contributed by atoms with Gasteiger partial charge in [0.1, 0.15) is 18.5 Å². The van der Waals surface area contributed by atoms with Crippen LogP contribution < -0.4 is 10.5 Å². The van der Waals surface area contributed by atoms with Crippen LogP contribution in [0.1, 0.15) is 11.6 Å². The van der Waals surface area contributed by atoms with E-state index in [1.807, 2.05) is 12.1 Å². The third-order valence-electron chi connectivity index (χ3n) is 2.21. The van der Waals surface area contributed by atoms with Crippen LogP contribution in [0.15, 0.2) is 21.1 Å². The normalized spacial score (nSPS) is 25.4. The number of nitrogens with two attached hydrogens (primary N) is 1. The molecule has 1 aromatic carbocycles. The van der Waals surface area contributed by atoms with E-state index in [2.05, 4.69) is 31.9 Å². The van der Waals surface area contributed by atoms with Gasteiger partial charge in [0.2, 0.25) is 0 Å². The van der Waals surface area contributed by atoms with Crippen LogP contribution in [0.5, 0.6) is 5.75 Å². The fraction of sp³-hybridized carbons (Fsp3) is 0.333. The molecule has 2 rings (SSSR count). The zero-order valence-electron chi connectivity index (χ0n) is 7.21. The second kappa shape index (κ2) is 3.81. The first-order valence-electron chi connectivity index (χ1n) is 4.15. The lowest BCUT2D eigenvalue weighted by atomic mass is 9.99. The van der Waals surface area contributed by atoms with Crippen LogP contribution in [0.3, 0.4) is 0 Å². The molecule has 0 saturated carbocycles. The Kier molecular flexibility index (Phi) is 2.83. The van der Waals surface area contributed by atoms with Gasteiger partial charge in [-0.3, -0.25) is 0 Å². The lowest BCUT2D eigenvalue weighted by Crippen LogP contribution is -2.36. The maximum Gasteiger partial charge on any atom is 0.126 e. The van der Waals surface area contributed by atoms with Gasteiger partial charge in [0.05, 0.1) is 6.04 Å². The predicted molar refractivity (Wildman–Crippen MR) is 60.3 cm³/mol. The van der Waals surface area contributed by atoms with Crippen LogP contribution in [-0.4, -0.2) is 17.8 Å². The fourth-order valence-corrected chi connectivity index (χ4v) is 2.93. The van der Waals surface area contributed by atoms with Gasteiger partial charge in [-0.1, -0.05) is 31.9 Å². The van der Waals surface area contributed by atoms with Gasteiger partial charge in [-0.15, -0.1) is 0 Å². The summed E-state index contributed by atoms with van der Waals surface area (Å²) in [6, 6.07) is 3.35. The van der Waals surface area contributed by atoms with Crippen molar-refractivity contribution in [3.8, 4) is 5.75 Å². The number of aliphatic hydroxyl groups is 1. The number of fused-ring (bicyclic) bond motifs is 1. The van der Waals surface area contributed by atoms with Crippen molar-refractivity contribution in [1.29, 1.82) is 0 Å². The molecule has 2 atom stereocenters. The molecule has 5 heteroatoms. The van der Waals surface area contributed by atoms with Gasteiger partial charge in [-0.2, -0.15) is 0 Å². The summed E-state index contributed by atoms with van der Waals surface area (Å²) in [5.41, 5.74) is 6.69. The number of rotatable bonds is 0. The average Bonchev–Trinajstić information content (AvgIpc) is 2.10. The smallest absolute Gasteiger partial charge is 0.126 e. The summed E-state index contributed by atoms with van der Waals surface area (Å²) >= 11 is 6.76. The summed E-state index contributed by atoms with van der Waals surface area (Å²) in [6.45, 7) is 0.247. The van der Waals surface area contributed by atoms with Gasteiger partial charge < -0.3 is 15.6 Å². The molecule has 14 heavy (non-hydrogen) atoms. The van der Waals surface area contributed by atoms with Crippen LogP contribution in [0, 0.1) is 0 Å². The molecule has 0 saturated heterocycles. The quantitative estimate of drug-likeness (QED) is 0.767. The zero-order valence-corrected chi connectivity index (χ0v) is 10.4. The van der Waals surface area contributed by atoms with Crippen molar-refractivity contribution >= 4 is 31.9 Å². The maximum atomic E-state index is 9.54. The van der Waals surface area contributed by atoms with Crippen LogP contribution >= 0.6 is 31.9 Å². The molecule has 0 spiro atoms. The van der Waals surface area contributed by atoms with Gasteiger partial charge in [-0.25, -0.2) is 0 Å². The van der Waals surface area contributed by atoms with Crippen LogP contribution in [0.4, 0.5) is 0 Å². The van der Waals surface area contributed by atoms with Crippen molar-refractivity contribution in [3.05, 3.63) is 26.6 Å². The molecule has 0 amide bonds. The Labute approximate surface area is 98.5 Å². The molecule has 1 aliphatic heterocycles. The van der Waals surface area contributed by atoms with Crippen molar-refractivity contribution < 1.29 is 9.84 Å². The molecule has 0 aromatic heterocycles. The lowest BCUT2D eigenvalue weighted by molar-refractivity contribution is 0.0674. The first kappa shape index (κ1) is 10.4. The van der Waals surface area contributed by atoms with Crippen LogP contribution in [0.2, 0.25) is 0 Å². The Morgan fingerprint density at radius 1 is 1.43 bits per heavy atom. The van der Waals surface area contributed by atoms with Crippen molar-refractivity contribution in [2.75, 3.05) is 6.61 Å². The summed E-state index contributed by atoms with van der Waals surface area (Å²) in [7, 11) is 0.